The van der Waals surface area contributed by atoms with Crippen molar-refractivity contribution < 1.29 is 63.9 Å². The van der Waals surface area contributed by atoms with Crippen LogP contribution in [-0.2, 0) is 33.3 Å². The van der Waals surface area contributed by atoms with Crippen LogP contribution in [0.1, 0.15) is 46.0 Å². The molecule has 14 atom stereocenters. The smallest absolute Gasteiger partial charge is 0.330 e. The molecule has 0 aromatic rings. The summed E-state index contributed by atoms with van der Waals surface area (Å²) in [6.45, 7) is 3.34. The summed E-state index contributed by atoms with van der Waals surface area (Å²) in [7, 11) is 0. The number of nitrogens with two attached hydrogens (primary N) is 1. The molecule has 0 amide bonds. The lowest BCUT2D eigenvalue weighted by Gasteiger charge is -2.45. The number of aliphatic hydroxyl groups excluding tert-OH is 4. The minimum atomic E-state index is -2.10. The van der Waals surface area contributed by atoms with Crippen molar-refractivity contribution in [1.82, 2.24) is 0 Å². The quantitative estimate of drug-likeness (QED) is 0.157. The largest absolute Gasteiger partial charge is 0.481 e. The maximum absolute atomic E-state index is 12.3. The molecule has 14 nitrogen and oxygen atoms in total. The van der Waals surface area contributed by atoms with Gasteiger partial charge in [-0.2, -0.15) is 0 Å². The van der Waals surface area contributed by atoms with Crippen LogP contribution in [-0.4, -0.2) is 122 Å². The van der Waals surface area contributed by atoms with Gasteiger partial charge in [0.25, 0.3) is 0 Å². The number of carbonyl (C=O) groups excluding carboxylic acids is 1. The molecule has 262 valence electrons. The van der Waals surface area contributed by atoms with E-state index in [0.29, 0.717) is 6.42 Å². The Morgan fingerprint density at radius 2 is 1.64 bits per heavy atom. The molecule has 3 fully saturated rings. The van der Waals surface area contributed by atoms with Crippen molar-refractivity contribution >= 4 is 11.9 Å². The lowest BCUT2D eigenvalue weighted by molar-refractivity contribution is -0.308. The number of carboxylic acid groups (broad SMARTS) is 1. The summed E-state index contributed by atoms with van der Waals surface area (Å²) in [6.07, 6.45) is 5.25. The molecule has 4 heterocycles. The molecule has 4 aliphatic heterocycles. The maximum atomic E-state index is 12.3. The summed E-state index contributed by atoms with van der Waals surface area (Å²) in [5.41, 5.74) is 5.98. The average molecular weight is 666 g/mol. The number of aliphatic hydroxyl groups is 5. The highest BCUT2D eigenvalue weighted by molar-refractivity contribution is 5.82. The van der Waals surface area contributed by atoms with Crippen LogP contribution >= 0.6 is 0 Å². The van der Waals surface area contributed by atoms with Crippen molar-refractivity contribution in [3.05, 3.63) is 60.8 Å². The summed E-state index contributed by atoms with van der Waals surface area (Å²) < 4.78 is 28.5. The molecule has 0 aliphatic carbocycles. The van der Waals surface area contributed by atoms with E-state index in [1.165, 1.54) is 12.2 Å². The Morgan fingerprint density at radius 3 is 2.36 bits per heavy atom. The van der Waals surface area contributed by atoms with Gasteiger partial charge in [0.15, 0.2) is 12.1 Å². The summed E-state index contributed by atoms with van der Waals surface area (Å²) in [4.78, 5) is 24.4. The molecule has 0 aromatic carbocycles. The van der Waals surface area contributed by atoms with Crippen molar-refractivity contribution in [2.75, 3.05) is 0 Å². The zero-order chi connectivity index (χ0) is 34.3. The predicted octanol–water partition coefficient (Wildman–Crippen LogP) is 0.120. The van der Waals surface area contributed by atoms with Crippen molar-refractivity contribution in [2.45, 2.75) is 125 Å². The van der Waals surface area contributed by atoms with Crippen LogP contribution in [0.2, 0.25) is 0 Å². The van der Waals surface area contributed by atoms with Crippen LogP contribution < -0.4 is 5.73 Å². The van der Waals surface area contributed by atoms with Gasteiger partial charge in [-0.1, -0.05) is 48.6 Å². The van der Waals surface area contributed by atoms with Crippen LogP contribution in [0.4, 0.5) is 0 Å². The first kappa shape index (κ1) is 37.1. The first-order valence-corrected chi connectivity index (χ1v) is 15.9. The van der Waals surface area contributed by atoms with E-state index in [2.05, 4.69) is 0 Å². The molecule has 4 aliphatic rings. The van der Waals surface area contributed by atoms with Crippen molar-refractivity contribution in [3.8, 4) is 0 Å². The highest BCUT2D eigenvalue weighted by Crippen LogP contribution is 2.39. The van der Waals surface area contributed by atoms with Crippen LogP contribution in [0.15, 0.2) is 60.8 Å². The zero-order valence-electron chi connectivity index (χ0n) is 26.4. The SMILES string of the molecule is CC1O[C@@H](O[C@H]2/C=C/C=C/C=C/C=C/C[C@@H](C)OC(=O)/C=C/[C@H]3OC3C[C@H](O)C[C@]3(O)C[C@H](O)[C@@H](C(=O)O)[C@H](C2)O3)C(O)[C@H](N)[C@@H]1O. The van der Waals surface area contributed by atoms with Crippen LogP contribution in [0.25, 0.3) is 0 Å². The van der Waals surface area contributed by atoms with Gasteiger partial charge in [0.2, 0.25) is 0 Å². The fraction of sp³-hybridized carbons (Fsp3) is 0.636. The first-order valence-electron chi connectivity index (χ1n) is 15.9. The number of carbonyl (C=O) groups is 2. The second kappa shape index (κ2) is 16.6. The molecule has 0 radical (unpaired) electrons. The van der Waals surface area contributed by atoms with Gasteiger partial charge in [-0.15, -0.1) is 0 Å². The molecule has 0 spiro atoms. The van der Waals surface area contributed by atoms with E-state index in [4.69, 9.17) is 29.4 Å². The number of cyclic esters (lactones) is 1. The number of hydrogen-bond donors (Lipinski definition) is 7. The number of allylic oxidation sites excluding steroid dienone is 6. The minimum absolute atomic E-state index is 0.0789. The van der Waals surface area contributed by atoms with E-state index in [0.717, 1.165) is 0 Å². The standard InChI is InChI=1S/C33H47NO13/c1-18-10-8-6-4-3-5-7-9-11-21(45-32-30(39)28(34)29(38)19(2)44-32)15-25-27(31(40)41)22(36)17-33(42,47-25)16-20(35)14-24-23(46-24)12-13-26(37)43-18/h3-9,11-13,18-25,27-30,32,35-36,38-39,42H,10,14-17,34H2,1-2H3,(H,40,41)/b4-3+,7-5+,8-6+,11-9+,13-12+/t18-,19?,20+,21+,22+,23-,24?,25+,27-,28-,29-,30?,32+,33-/m1/s1. The summed E-state index contributed by atoms with van der Waals surface area (Å²) in [6, 6.07) is -1.08. The average Bonchev–Trinajstić information content (AvgIpc) is 3.72. The highest BCUT2D eigenvalue weighted by atomic mass is 16.7. The number of rotatable bonds is 3. The van der Waals surface area contributed by atoms with Gasteiger partial charge in [0.05, 0.1) is 48.8 Å². The lowest BCUT2D eigenvalue weighted by Crippen LogP contribution is -2.61. The molecule has 0 saturated carbocycles. The Labute approximate surface area is 273 Å². The van der Waals surface area contributed by atoms with E-state index >= 15 is 0 Å². The van der Waals surface area contributed by atoms with Crippen LogP contribution in [0.5, 0.6) is 0 Å². The molecule has 8 N–H and O–H groups in total. The third-order valence-electron chi connectivity index (χ3n) is 8.58. The van der Waals surface area contributed by atoms with Crippen molar-refractivity contribution in [2.24, 2.45) is 11.7 Å². The van der Waals surface area contributed by atoms with E-state index in [-0.39, 0.29) is 25.4 Å². The third-order valence-corrected chi connectivity index (χ3v) is 8.58. The topological polar surface area (TPSA) is 231 Å². The Hall–Kier alpha value is -2.76. The molecular formula is C33H47NO13. The number of fused-ring (bicyclic) bond motifs is 3. The second-order valence-electron chi connectivity index (χ2n) is 12.6. The molecule has 47 heavy (non-hydrogen) atoms. The lowest BCUT2D eigenvalue weighted by atomic mass is 9.83. The highest BCUT2D eigenvalue weighted by Gasteiger charge is 2.51. The number of esters is 1. The molecule has 4 rings (SSSR count). The van der Waals surface area contributed by atoms with Gasteiger partial charge in [-0.25, -0.2) is 4.79 Å². The summed E-state index contributed by atoms with van der Waals surface area (Å²) >= 11 is 0. The molecule has 0 aromatic heterocycles. The summed E-state index contributed by atoms with van der Waals surface area (Å²) in [5.74, 6) is -5.45. The third kappa shape index (κ3) is 10.6. The molecule has 14 heteroatoms. The molecule has 2 bridgehead atoms. The number of ether oxygens (including phenoxy) is 5. The van der Waals surface area contributed by atoms with Gasteiger partial charge in [-0.3, -0.25) is 4.79 Å². The van der Waals surface area contributed by atoms with Crippen molar-refractivity contribution in [3.63, 3.8) is 0 Å². The summed E-state index contributed by atoms with van der Waals surface area (Å²) in [5, 5.41) is 63.9. The Morgan fingerprint density at radius 1 is 0.936 bits per heavy atom. The van der Waals surface area contributed by atoms with Gasteiger partial charge in [0.1, 0.15) is 24.2 Å². The van der Waals surface area contributed by atoms with Gasteiger partial charge in [0, 0.05) is 38.2 Å². The minimum Gasteiger partial charge on any atom is -0.481 e. The monoisotopic (exact) mass is 665 g/mol. The fourth-order valence-corrected chi connectivity index (χ4v) is 6.00. The first-order chi connectivity index (χ1) is 22.3. The van der Waals surface area contributed by atoms with E-state index < -0.39 is 97.3 Å². The van der Waals surface area contributed by atoms with Crippen LogP contribution in [0, 0.1) is 5.92 Å². The number of hydrogen-bond acceptors (Lipinski definition) is 13. The fourth-order valence-electron chi connectivity index (χ4n) is 6.00. The second-order valence-corrected chi connectivity index (χ2v) is 12.6. The Bertz CT molecular complexity index is 1220. The molecule has 3 unspecified atom stereocenters. The predicted molar refractivity (Wildman–Crippen MR) is 165 cm³/mol. The molecule has 3 saturated heterocycles. The Balaban J connectivity index is 1.58. The van der Waals surface area contributed by atoms with E-state index in [1.807, 2.05) is 6.08 Å². The van der Waals surface area contributed by atoms with Gasteiger partial charge in [-0.05, 0) is 19.9 Å². The number of aliphatic carboxylic acids is 1. The normalized spacial score (nSPS) is 47.2. The van der Waals surface area contributed by atoms with Crippen LogP contribution in [0.3, 0.4) is 0 Å². The van der Waals surface area contributed by atoms with Crippen molar-refractivity contribution in [1.29, 1.82) is 0 Å². The zero-order valence-corrected chi connectivity index (χ0v) is 26.4. The Kier molecular flexibility index (Phi) is 13.1. The molecular weight excluding hydrogens is 618 g/mol. The number of epoxide rings is 1. The number of carboxylic acids is 1. The van der Waals surface area contributed by atoms with Gasteiger partial charge < -0.3 is 60.1 Å². The van der Waals surface area contributed by atoms with E-state index in [9.17, 15) is 40.2 Å². The van der Waals surface area contributed by atoms with E-state index in [1.54, 1.807) is 56.4 Å². The maximum Gasteiger partial charge on any atom is 0.330 e. The van der Waals surface area contributed by atoms with Gasteiger partial charge >= 0.3 is 11.9 Å².